The normalized spacial score (nSPS) is 11.6. The predicted molar refractivity (Wildman–Crippen MR) is 69.6 cm³/mol. The van der Waals surface area contributed by atoms with E-state index in [4.69, 9.17) is 17.3 Å². The van der Waals surface area contributed by atoms with Crippen LogP contribution in [0.2, 0.25) is 5.02 Å². The van der Waals surface area contributed by atoms with Gasteiger partial charge in [-0.3, -0.25) is 9.67 Å². The van der Waals surface area contributed by atoms with Crippen molar-refractivity contribution in [1.29, 1.82) is 0 Å². The maximum Gasteiger partial charge on any atom is 0.283 e. The minimum atomic E-state index is -3.03. The number of rotatable bonds is 4. The quantitative estimate of drug-likeness (QED) is 0.872. The molecule has 0 fully saturated rings. The lowest BCUT2D eigenvalue weighted by molar-refractivity contribution is 0.139. The SMILES string of the molecule is Cc1nc(Cn2nc(C(F)F)c(Cl)c2C(F)F)ccc1N. The second-order valence-electron chi connectivity index (χ2n) is 4.32. The van der Waals surface area contributed by atoms with Gasteiger partial charge < -0.3 is 5.73 Å². The molecule has 0 bridgehead atoms. The molecule has 114 valence electrons. The molecule has 21 heavy (non-hydrogen) atoms. The van der Waals surface area contributed by atoms with Gasteiger partial charge in [-0.1, -0.05) is 11.6 Å². The lowest BCUT2D eigenvalue weighted by Gasteiger charge is -2.08. The molecule has 2 rings (SSSR count). The maximum atomic E-state index is 13.0. The van der Waals surface area contributed by atoms with Gasteiger partial charge in [-0.2, -0.15) is 5.10 Å². The van der Waals surface area contributed by atoms with E-state index in [1.54, 1.807) is 13.0 Å². The summed E-state index contributed by atoms with van der Waals surface area (Å²) >= 11 is 5.56. The molecule has 2 aromatic rings. The van der Waals surface area contributed by atoms with Gasteiger partial charge in [0.2, 0.25) is 0 Å². The topological polar surface area (TPSA) is 56.7 Å². The molecular formula is C12H11ClF4N4. The van der Waals surface area contributed by atoms with Crippen molar-refractivity contribution in [2.75, 3.05) is 5.73 Å². The van der Waals surface area contributed by atoms with Crippen LogP contribution in [0.4, 0.5) is 23.2 Å². The number of aryl methyl sites for hydroxylation is 1. The minimum absolute atomic E-state index is 0.201. The number of pyridine rings is 1. The monoisotopic (exact) mass is 322 g/mol. The summed E-state index contributed by atoms with van der Waals surface area (Å²) in [7, 11) is 0. The Bertz CT molecular complexity index is 657. The summed E-state index contributed by atoms with van der Waals surface area (Å²) in [6.07, 6.45) is -6.05. The van der Waals surface area contributed by atoms with Crippen LogP contribution >= 0.6 is 11.6 Å². The Labute approximate surface area is 122 Å². The highest BCUT2D eigenvalue weighted by atomic mass is 35.5. The Morgan fingerprint density at radius 3 is 2.43 bits per heavy atom. The molecular weight excluding hydrogens is 312 g/mol. The van der Waals surface area contributed by atoms with Crippen LogP contribution in [0.3, 0.4) is 0 Å². The van der Waals surface area contributed by atoms with E-state index in [1.165, 1.54) is 6.07 Å². The van der Waals surface area contributed by atoms with E-state index >= 15 is 0 Å². The average molecular weight is 323 g/mol. The van der Waals surface area contributed by atoms with Crippen LogP contribution in [0.5, 0.6) is 0 Å². The lowest BCUT2D eigenvalue weighted by atomic mass is 10.2. The predicted octanol–water partition coefficient (Wildman–Crippen LogP) is 3.75. The van der Waals surface area contributed by atoms with Crippen molar-refractivity contribution in [2.45, 2.75) is 26.3 Å². The highest BCUT2D eigenvalue weighted by Gasteiger charge is 2.28. The van der Waals surface area contributed by atoms with Gasteiger partial charge in [-0.25, -0.2) is 17.6 Å². The number of anilines is 1. The van der Waals surface area contributed by atoms with E-state index in [0.717, 1.165) is 4.68 Å². The van der Waals surface area contributed by atoms with Crippen LogP contribution in [0.25, 0.3) is 0 Å². The number of hydrogen-bond acceptors (Lipinski definition) is 3. The molecule has 2 heterocycles. The molecule has 0 radical (unpaired) electrons. The van der Waals surface area contributed by atoms with Crippen molar-refractivity contribution >= 4 is 17.3 Å². The zero-order chi connectivity index (χ0) is 15.7. The van der Waals surface area contributed by atoms with Crippen molar-refractivity contribution in [1.82, 2.24) is 14.8 Å². The Hall–Kier alpha value is -1.83. The number of hydrogen-bond donors (Lipinski definition) is 1. The van der Waals surface area contributed by atoms with E-state index in [0.29, 0.717) is 17.1 Å². The third kappa shape index (κ3) is 3.10. The number of nitrogens with two attached hydrogens (primary N) is 1. The fourth-order valence-corrected chi connectivity index (χ4v) is 2.11. The second-order valence-corrected chi connectivity index (χ2v) is 4.70. The zero-order valence-corrected chi connectivity index (χ0v) is 11.6. The van der Waals surface area contributed by atoms with E-state index in [2.05, 4.69) is 10.1 Å². The van der Waals surface area contributed by atoms with E-state index in [1.807, 2.05) is 0 Å². The molecule has 4 nitrogen and oxygen atoms in total. The summed E-state index contributed by atoms with van der Waals surface area (Å²) in [5.41, 5.74) is 5.31. The number of alkyl halides is 4. The molecule has 0 aliphatic carbocycles. The molecule has 0 unspecified atom stereocenters. The van der Waals surface area contributed by atoms with Crippen LogP contribution in [-0.2, 0) is 6.54 Å². The molecule has 0 spiro atoms. The second kappa shape index (κ2) is 5.88. The number of nitrogens with zero attached hydrogens (tertiary/aromatic N) is 3. The molecule has 0 aromatic carbocycles. The van der Waals surface area contributed by atoms with Crippen LogP contribution in [0.15, 0.2) is 12.1 Å². The minimum Gasteiger partial charge on any atom is -0.397 e. The summed E-state index contributed by atoms with van der Waals surface area (Å²) in [4.78, 5) is 4.09. The van der Waals surface area contributed by atoms with Crippen molar-refractivity contribution < 1.29 is 17.6 Å². The Kier molecular flexibility index (Phi) is 4.36. The fourth-order valence-electron chi connectivity index (χ4n) is 1.81. The van der Waals surface area contributed by atoms with Crippen LogP contribution in [0.1, 0.15) is 35.6 Å². The molecule has 2 N–H and O–H groups in total. The van der Waals surface area contributed by atoms with Gasteiger partial charge in [-0.05, 0) is 19.1 Å². The van der Waals surface area contributed by atoms with Gasteiger partial charge in [0.15, 0.2) is 0 Å². The fraction of sp³-hybridized carbons (Fsp3) is 0.333. The van der Waals surface area contributed by atoms with Gasteiger partial charge in [0.05, 0.1) is 28.6 Å². The van der Waals surface area contributed by atoms with E-state index in [-0.39, 0.29) is 6.54 Å². The molecule has 0 saturated heterocycles. The first kappa shape index (κ1) is 15.6. The maximum absolute atomic E-state index is 13.0. The van der Waals surface area contributed by atoms with Gasteiger partial charge in [0.25, 0.3) is 12.9 Å². The zero-order valence-electron chi connectivity index (χ0n) is 10.8. The van der Waals surface area contributed by atoms with Crippen LogP contribution in [-0.4, -0.2) is 14.8 Å². The molecule has 0 aliphatic rings. The summed E-state index contributed by atoms with van der Waals surface area (Å²) in [6, 6.07) is 3.06. The number of halogens is 5. The van der Waals surface area contributed by atoms with Crippen molar-refractivity contribution in [3.63, 3.8) is 0 Å². The van der Waals surface area contributed by atoms with Gasteiger partial charge in [-0.15, -0.1) is 0 Å². The number of aromatic nitrogens is 3. The lowest BCUT2D eigenvalue weighted by Crippen LogP contribution is -2.09. The van der Waals surface area contributed by atoms with Crippen molar-refractivity contribution in [3.8, 4) is 0 Å². The molecule has 0 saturated carbocycles. The third-order valence-electron chi connectivity index (χ3n) is 2.87. The third-order valence-corrected chi connectivity index (χ3v) is 3.25. The first-order valence-corrected chi connectivity index (χ1v) is 6.23. The Morgan fingerprint density at radius 2 is 1.90 bits per heavy atom. The smallest absolute Gasteiger partial charge is 0.283 e. The van der Waals surface area contributed by atoms with E-state index < -0.39 is 29.3 Å². The van der Waals surface area contributed by atoms with Crippen molar-refractivity contribution in [2.24, 2.45) is 0 Å². The molecule has 9 heteroatoms. The first-order chi connectivity index (χ1) is 9.81. The van der Waals surface area contributed by atoms with Gasteiger partial charge >= 0.3 is 0 Å². The summed E-state index contributed by atoms with van der Waals surface area (Å²) < 4.78 is 52.1. The summed E-state index contributed by atoms with van der Waals surface area (Å²) in [5, 5.41) is 2.75. The van der Waals surface area contributed by atoms with Crippen LogP contribution < -0.4 is 5.73 Å². The van der Waals surface area contributed by atoms with Crippen molar-refractivity contribution in [3.05, 3.63) is 39.9 Å². The Morgan fingerprint density at radius 1 is 1.24 bits per heavy atom. The van der Waals surface area contributed by atoms with E-state index in [9.17, 15) is 17.6 Å². The highest BCUT2D eigenvalue weighted by molar-refractivity contribution is 6.32. The molecule has 0 aliphatic heterocycles. The molecule has 0 amide bonds. The summed E-state index contributed by atoms with van der Waals surface area (Å²) in [6.45, 7) is 1.45. The standard InChI is InChI=1S/C12H11ClF4N4/c1-5-7(18)3-2-6(19-5)4-21-10(12(16)17)8(13)9(20-21)11(14)15/h2-3,11-12H,4,18H2,1H3. The molecule has 2 aromatic heterocycles. The highest BCUT2D eigenvalue weighted by Crippen LogP contribution is 2.34. The van der Waals surface area contributed by atoms with Crippen LogP contribution in [0, 0.1) is 6.92 Å². The largest absolute Gasteiger partial charge is 0.397 e. The molecule has 0 atom stereocenters. The first-order valence-electron chi connectivity index (χ1n) is 5.85. The summed E-state index contributed by atoms with van der Waals surface area (Å²) in [5.74, 6) is 0. The Balaban J connectivity index is 2.43. The van der Waals surface area contributed by atoms with Gasteiger partial charge in [0.1, 0.15) is 11.4 Å². The average Bonchev–Trinajstić information content (AvgIpc) is 2.71. The number of nitrogen functional groups attached to an aromatic ring is 1. The van der Waals surface area contributed by atoms with Gasteiger partial charge in [0, 0.05) is 0 Å².